The molecule has 1 aromatic carbocycles. The summed E-state index contributed by atoms with van der Waals surface area (Å²) in [5, 5.41) is 11.6. The number of nitriles is 1. The summed E-state index contributed by atoms with van der Waals surface area (Å²) >= 11 is 5.26. The Bertz CT molecular complexity index is 647. The summed E-state index contributed by atoms with van der Waals surface area (Å²) in [6.45, 7) is 0.401. The molecule has 5 nitrogen and oxygen atoms in total. The van der Waals surface area contributed by atoms with Crippen molar-refractivity contribution in [3.8, 4) is 6.07 Å². The van der Waals surface area contributed by atoms with E-state index in [1.165, 1.54) is 6.26 Å². The van der Waals surface area contributed by atoms with Crippen molar-refractivity contribution in [3.05, 3.63) is 54.5 Å². The van der Waals surface area contributed by atoms with Crippen LogP contribution in [0.15, 0.2) is 53.1 Å². The summed E-state index contributed by atoms with van der Waals surface area (Å²) in [6.07, 6.45) is 1.72. The highest BCUT2D eigenvalue weighted by Crippen LogP contribution is 2.14. The topological polar surface area (TPSA) is 69.3 Å². The molecule has 0 radical (unpaired) electrons. The zero-order valence-corrected chi connectivity index (χ0v) is 12.0. The second-order valence-electron chi connectivity index (χ2n) is 4.13. The monoisotopic (exact) mass is 299 g/mol. The van der Waals surface area contributed by atoms with Crippen LogP contribution in [0, 0.1) is 11.3 Å². The van der Waals surface area contributed by atoms with Gasteiger partial charge in [0.2, 0.25) is 0 Å². The lowest BCUT2D eigenvalue weighted by atomic mass is 10.3. The molecule has 0 saturated heterocycles. The minimum absolute atomic E-state index is 0.186. The summed E-state index contributed by atoms with van der Waals surface area (Å²) in [4.78, 5) is 13.6. The fourth-order valence-electron chi connectivity index (χ4n) is 1.75. The number of amides is 1. The lowest BCUT2D eigenvalue weighted by Crippen LogP contribution is -2.43. The maximum absolute atomic E-state index is 11.9. The van der Waals surface area contributed by atoms with Gasteiger partial charge in [-0.25, -0.2) is 0 Å². The lowest BCUT2D eigenvalue weighted by Gasteiger charge is -2.24. The van der Waals surface area contributed by atoms with Crippen molar-refractivity contribution in [2.24, 2.45) is 0 Å². The van der Waals surface area contributed by atoms with Gasteiger partial charge in [-0.1, -0.05) is 18.2 Å². The van der Waals surface area contributed by atoms with E-state index in [0.29, 0.717) is 13.0 Å². The molecule has 0 bridgehead atoms. The predicted octanol–water partition coefficient (Wildman–Crippen LogP) is 2.71. The first-order valence-corrected chi connectivity index (χ1v) is 6.71. The third kappa shape index (κ3) is 3.91. The SMILES string of the molecule is N#CCCN(C(=S)NC(=O)c1ccco1)c1ccccc1. The summed E-state index contributed by atoms with van der Waals surface area (Å²) in [7, 11) is 0. The number of hydrogen-bond acceptors (Lipinski definition) is 4. The van der Waals surface area contributed by atoms with Gasteiger partial charge in [-0.2, -0.15) is 5.26 Å². The van der Waals surface area contributed by atoms with Crippen molar-refractivity contribution in [1.82, 2.24) is 5.32 Å². The van der Waals surface area contributed by atoms with E-state index in [1.54, 1.807) is 17.0 Å². The van der Waals surface area contributed by atoms with Gasteiger partial charge >= 0.3 is 0 Å². The zero-order chi connectivity index (χ0) is 15.1. The van der Waals surface area contributed by atoms with E-state index in [1.807, 2.05) is 30.3 Å². The first-order valence-electron chi connectivity index (χ1n) is 6.30. The van der Waals surface area contributed by atoms with Crippen molar-refractivity contribution in [2.45, 2.75) is 6.42 Å². The quantitative estimate of drug-likeness (QED) is 0.879. The molecule has 0 unspecified atom stereocenters. The van der Waals surface area contributed by atoms with Crippen LogP contribution in [0.2, 0.25) is 0 Å². The van der Waals surface area contributed by atoms with Gasteiger partial charge in [0.1, 0.15) is 0 Å². The number of para-hydroxylation sites is 1. The molecule has 0 aliphatic carbocycles. The Balaban J connectivity index is 2.11. The molecule has 0 spiro atoms. The molecular formula is C15H13N3O2S. The molecule has 0 fully saturated rings. The van der Waals surface area contributed by atoms with Gasteiger partial charge in [-0.3, -0.25) is 10.1 Å². The average Bonchev–Trinajstić information content (AvgIpc) is 3.03. The molecular weight excluding hydrogens is 286 g/mol. The van der Waals surface area contributed by atoms with E-state index < -0.39 is 5.91 Å². The molecule has 106 valence electrons. The molecule has 0 saturated carbocycles. The van der Waals surface area contributed by atoms with Crippen LogP contribution >= 0.6 is 12.2 Å². The number of rotatable bonds is 4. The van der Waals surface area contributed by atoms with Crippen LogP contribution in [0.1, 0.15) is 17.0 Å². The van der Waals surface area contributed by atoms with Crippen LogP contribution in [0.3, 0.4) is 0 Å². The van der Waals surface area contributed by atoms with Crippen LogP contribution in [0.25, 0.3) is 0 Å². The van der Waals surface area contributed by atoms with Gasteiger partial charge in [-0.05, 0) is 36.5 Å². The van der Waals surface area contributed by atoms with E-state index in [4.69, 9.17) is 21.9 Å². The Morgan fingerprint density at radius 2 is 2.05 bits per heavy atom. The highest BCUT2D eigenvalue weighted by atomic mass is 32.1. The molecule has 1 N–H and O–H groups in total. The van der Waals surface area contributed by atoms with Crippen molar-refractivity contribution in [1.29, 1.82) is 5.26 Å². The molecule has 0 aliphatic heterocycles. The van der Waals surface area contributed by atoms with Crippen LogP contribution in [0.5, 0.6) is 0 Å². The minimum Gasteiger partial charge on any atom is -0.459 e. The normalized spacial score (nSPS) is 9.67. The molecule has 2 aromatic rings. The number of nitrogens with one attached hydrogen (secondary N) is 1. The summed E-state index contributed by atoms with van der Waals surface area (Å²) in [5.41, 5.74) is 0.817. The van der Waals surface area contributed by atoms with E-state index in [-0.39, 0.29) is 10.9 Å². The van der Waals surface area contributed by atoms with Gasteiger partial charge < -0.3 is 9.32 Å². The van der Waals surface area contributed by atoms with Crippen molar-refractivity contribution in [2.75, 3.05) is 11.4 Å². The predicted molar refractivity (Wildman–Crippen MR) is 82.8 cm³/mol. The number of thiocarbonyl (C=S) groups is 1. The standard InChI is InChI=1S/C15H13N3O2S/c16-9-5-10-18(12-6-2-1-3-7-12)15(21)17-14(19)13-8-4-11-20-13/h1-4,6-8,11H,5,10H2,(H,17,19,21). The minimum atomic E-state index is -0.414. The Labute approximate surface area is 127 Å². The highest BCUT2D eigenvalue weighted by molar-refractivity contribution is 7.80. The Kier molecular flexibility index (Phi) is 5.07. The smallest absolute Gasteiger partial charge is 0.293 e. The molecule has 1 aromatic heterocycles. The Morgan fingerprint density at radius 1 is 1.29 bits per heavy atom. The third-order valence-corrected chi connectivity index (χ3v) is 3.05. The second-order valence-corrected chi connectivity index (χ2v) is 4.52. The molecule has 6 heteroatoms. The van der Waals surface area contributed by atoms with E-state index in [0.717, 1.165) is 5.69 Å². The second kappa shape index (κ2) is 7.22. The number of hydrogen-bond donors (Lipinski definition) is 1. The molecule has 1 amide bonds. The maximum atomic E-state index is 11.9. The van der Waals surface area contributed by atoms with Gasteiger partial charge in [-0.15, -0.1) is 0 Å². The fourth-order valence-corrected chi connectivity index (χ4v) is 2.04. The molecule has 21 heavy (non-hydrogen) atoms. The Hall–Kier alpha value is -2.65. The first-order chi connectivity index (χ1) is 10.2. The van der Waals surface area contributed by atoms with Crippen LogP contribution in [0.4, 0.5) is 5.69 Å². The average molecular weight is 299 g/mol. The summed E-state index contributed by atoms with van der Waals surface area (Å²) in [6, 6.07) is 14.6. The van der Waals surface area contributed by atoms with E-state index >= 15 is 0 Å². The van der Waals surface area contributed by atoms with E-state index in [2.05, 4.69) is 11.4 Å². The van der Waals surface area contributed by atoms with Gasteiger partial charge in [0.25, 0.3) is 5.91 Å². The number of benzene rings is 1. The third-order valence-electron chi connectivity index (χ3n) is 2.73. The van der Waals surface area contributed by atoms with Crippen molar-refractivity contribution < 1.29 is 9.21 Å². The van der Waals surface area contributed by atoms with Crippen LogP contribution in [-0.2, 0) is 0 Å². The lowest BCUT2D eigenvalue weighted by molar-refractivity contribution is 0.0950. The van der Waals surface area contributed by atoms with E-state index in [9.17, 15) is 4.79 Å². The van der Waals surface area contributed by atoms with Gasteiger partial charge in [0.05, 0.1) is 18.8 Å². The van der Waals surface area contributed by atoms with Crippen LogP contribution < -0.4 is 10.2 Å². The van der Waals surface area contributed by atoms with Crippen molar-refractivity contribution in [3.63, 3.8) is 0 Å². The summed E-state index contributed by atoms with van der Waals surface area (Å²) in [5.74, 6) is -0.228. The number of anilines is 1. The molecule has 0 atom stereocenters. The van der Waals surface area contributed by atoms with Crippen molar-refractivity contribution >= 4 is 28.9 Å². The van der Waals surface area contributed by atoms with Crippen LogP contribution in [-0.4, -0.2) is 17.6 Å². The zero-order valence-electron chi connectivity index (χ0n) is 11.2. The summed E-state index contributed by atoms with van der Waals surface area (Å²) < 4.78 is 5.02. The molecule has 1 heterocycles. The number of carbonyl (C=O) groups is 1. The first kappa shape index (κ1) is 14.8. The Morgan fingerprint density at radius 3 is 2.67 bits per heavy atom. The number of carbonyl (C=O) groups excluding carboxylic acids is 1. The maximum Gasteiger partial charge on any atom is 0.293 e. The fraction of sp³-hybridized carbons (Fsp3) is 0.133. The van der Waals surface area contributed by atoms with Gasteiger partial charge in [0.15, 0.2) is 10.9 Å². The number of nitrogens with zero attached hydrogens (tertiary/aromatic N) is 2. The number of furan rings is 1. The highest BCUT2D eigenvalue weighted by Gasteiger charge is 2.16. The molecule has 2 rings (SSSR count). The largest absolute Gasteiger partial charge is 0.459 e. The molecule has 0 aliphatic rings. The van der Waals surface area contributed by atoms with Gasteiger partial charge in [0, 0.05) is 12.2 Å².